The molecule has 5 rings (SSSR count). The Morgan fingerprint density at radius 1 is 0.960 bits per heavy atom. The Hall–Kier alpha value is -1.65. The molecule has 25 heavy (non-hydrogen) atoms. The van der Waals surface area contributed by atoms with E-state index < -0.39 is 0 Å². The molecule has 2 saturated heterocycles. The van der Waals surface area contributed by atoms with Crippen LogP contribution in [0.3, 0.4) is 0 Å². The number of carbonyl (C=O) groups excluding carboxylic acids is 1. The lowest BCUT2D eigenvalue weighted by atomic mass is 9.83. The van der Waals surface area contributed by atoms with Gasteiger partial charge in [0.05, 0.1) is 5.92 Å². The van der Waals surface area contributed by atoms with Crippen molar-refractivity contribution in [3.8, 4) is 0 Å². The van der Waals surface area contributed by atoms with Crippen LogP contribution in [-0.2, 0) is 4.79 Å². The van der Waals surface area contributed by atoms with Crippen molar-refractivity contribution in [2.45, 2.75) is 50.9 Å². The van der Waals surface area contributed by atoms with E-state index in [4.69, 9.17) is 0 Å². The number of hydrogen-bond acceptors (Lipinski definition) is 4. The maximum Gasteiger partial charge on any atom is 0.227 e. The Labute approximate surface area is 149 Å². The van der Waals surface area contributed by atoms with E-state index in [2.05, 4.69) is 25.8 Å². The lowest BCUT2D eigenvalue weighted by Crippen LogP contribution is -2.36. The summed E-state index contributed by atoms with van der Waals surface area (Å²) in [5.74, 6) is 3.77. The van der Waals surface area contributed by atoms with Crippen molar-refractivity contribution in [1.82, 2.24) is 14.9 Å². The van der Waals surface area contributed by atoms with Gasteiger partial charge in [-0.1, -0.05) is 12.8 Å². The van der Waals surface area contributed by atoms with Crippen molar-refractivity contribution in [2.75, 3.05) is 31.1 Å². The van der Waals surface area contributed by atoms with Crippen LogP contribution in [0.1, 0.15) is 56.6 Å². The maximum atomic E-state index is 13.0. The van der Waals surface area contributed by atoms with E-state index in [0.717, 1.165) is 50.3 Å². The summed E-state index contributed by atoms with van der Waals surface area (Å²) in [5.41, 5.74) is 1.19. The second-order valence-corrected chi connectivity index (χ2v) is 8.55. The molecule has 3 unspecified atom stereocenters. The predicted octanol–water partition coefficient (Wildman–Crippen LogP) is 2.83. The van der Waals surface area contributed by atoms with E-state index in [9.17, 15) is 4.79 Å². The van der Waals surface area contributed by atoms with Crippen molar-refractivity contribution in [1.29, 1.82) is 0 Å². The van der Waals surface area contributed by atoms with Crippen molar-refractivity contribution in [3.63, 3.8) is 0 Å². The predicted molar refractivity (Wildman–Crippen MR) is 96.4 cm³/mol. The molecule has 5 nitrogen and oxygen atoms in total. The normalized spacial score (nSPS) is 32.1. The highest BCUT2D eigenvalue weighted by atomic mass is 16.2. The number of carbonyl (C=O) groups is 1. The third kappa shape index (κ3) is 2.81. The lowest BCUT2D eigenvalue weighted by molar-refractivity contribution is -0.134. The summed E-state index contributed by atoms with van der Waals surface area (Å²) in [5, 5.41) is 0. The molecule has 2 aliphatic heterocycles. The molecule has 0 N–H and O–H groups in total. The van der Waals surface area contributed by atoms with E-state index in [1.54, 1.807) is 6.33 Å². The molecule has 0 aromatic carbocycles. The summed E-state index contributed by atoms with van der Waals surface area (Å²) < 4.78 is 0. The molecular weight excluding hydrogens is 312 g/mol. The Bertz CT molecular complexity index is 647. The molecular formula is C20H28N4O. The van der Waals surface area contributed by atoms with Gasteiger partial charge < -0.3 is 9.80 Å². The third-order valence-corrected chi connectivity index (χ3v) is 7.10. The van der Waals surface area contributed by atoms with Crippen LogP contribution < -0.4 is 4.90 Å². The van der Waals surface area contributed by atoms with Gasteiger partial charge in [0.2, 0.25) is 5.91 Å². The number of likely N-dealkylation sites (tertiary alicyclic amines) is 1. The van der Waals surface area contributed by atoms with Gasteiger partial charge in [0, 0.05) is 43.9 Å². The molecule has 2 aliphatic carbocycles. The van der Waals surface area contributed by atoms with Crippen molar-refractivity contribution in [3.05, 3.63) is 18.1 Å². The second-order valence-electron chi connectivity index (χ2n) is 8.55. The first-order valence-corrected chi connectivity index (χ1v) is 10.1. The van der Waals surface area contributed by atoms with Gasteiger partial charge in [0.15, 0.2) is 0 Å². The molecule has 0 radical (unpaired) electrons. The van der Waals surface area contributed by atoms with Crippen LogP contribution >= 0.6 is 0 Å². The van der Waals surface area contributed by atoms with Crippen LogP contribution in [0.2, 0.25) is 0 Å². The minimum Gasteiger partial charge on any atom is -0.356 e. The van der Waals surface area contributed by atoms with E-state index in [1.165, 1.54) is 44.2 Å². The van der Waals surface area contributed by atoms with Crippen LogP contribution in [0.25, 0.3) is 0 Å². The summed E-state index contributed by atoms with van der Waals surface area (Å²) >= 11 is 0. The molecule has 3 atom stereocenters. The number of nitrogens with zero attached hydrogens (tertiary/aromatic N) is 4. The Kier molecular flexibility index (Phi) is 3.90. The van der Waals surface area contributed by atoms with Gasteiger partial charge in [-0.15, -0.1) is 0 Å². The first kappa shape index (κ1) is 15.6. The zero-order valence-electron chi connectivity index (χ0n) is 14.9. The van der Waals surface area contributed by atoms with Crippen LogP contribution in [0, 0.1) is 17.8 Å². The zero-order valence-corrected chi connectivity index (χ0v) is 14.9. The van der Waals surface area contributed by atoms with E-state index in [-0.39, 0.29) is 5.92 Å². The third-order valence-electron chi connectivity index (χ3n) is 7.10. The quantitative estimate of drug-likeness (QED) is 0.849. The van der Waals surface area contributed by atoms with Crippen LogP contribution in [0.4, 0.5) is 5.82 Å². The molecule has 2 saturated carbocycles. The topological polar surface area (TPSA) is 49.3 Å². The molecule has 1 aromatic heterocycles. The number of rotatable bonds is 3. The molecule has 3 heterocycles. The summed E-state index contributed by atoms with van der Waals surface area (Å²) in [7, 11) is 0. The molecule has 4 aliphatic rings. The first-order valence-electron chi connectivity index (χ1n) is 10.1. The fourth-order valence-corrected chi connectivity index (χ4v) is 5.30. The maximum absolute atomic E-state index is 13.0. The van der Waals surface area contributed by atoms with Gasteiger partial charge in [-0.25, -0.2) is 9.97 Å². The highest BCUT2D eigenvalue weighted by molar-refractivity contribution is 5.80. The van der Waals surface area contributed by atoms with Crippen LogP contribution in [0.5, 0.6) is 0 Å². The molecule has 0 bridgehead atoms. The molecule has 4 fully saturated rings. The number of anilines is 1. The average Bonchev–Trinajstić information content (AvgIpc) is 3.28. The lowest BCUT2D eigenvalue weighted by Gasteiger charge is -2.26. The van der Waals surface area contributed by atoms with Crippen molar-refractivity contribution < 1.29 is 4.79 Å². The highest BCUT2D eigenvalue weighted by Crippen LogP contribution is 2.39. The fourth-order valence-electron chi connectivity index (χ4n) is 5.30. The Morgan fingerprint density at radius 3 is 2.44 bits per heavy atom. The zero-order chi connectivity index (χ0) is 16.8. The van der Waals surface area contributed by atoms with Gasteiger partial charge in [-0.3, -0.25) is 4.79 Å². The molecule has 5 heteroatoms. The molecule has 1 amide bonds. The van der Waals surface area contributed by atoms with E-state index >= 15 is 0 Å². The number of aromatic nitrogens is 2. The number of amides is 1. The summed E-state index contributed by atoms with van der Waals surface area (Å²) in [6.07, 6.45) is 10.5. The van der Waals surface area contributed by atoms with Gasteiger partial charge in [0.1, 0.15) is 12.1 Å². The minimum absolute atomic E-state index is 0.154. The van der Waals surface area contributed by atoms with E-state index in [1.807, 2.05) is 0 Å². The number of hydrogen-bond donors (Lipinski definition) is 0. The van der Waals surface area contributed by atoms with Crippen molar-refractivity contribution in [2.24, 2.45) is 17.8 Å². The van der Waals surface area contributed by atoms with Gasteiger partial charge >= 0.3 is 0 Å². The molecule has 0 spiro atoms. The Balaban J connectivity index is 1.23. The van der Waals surface area contributed by atoms with Crippen LogP contribution in [0.15, 0.2) is 12.4 Å². The number of fused-ring (bicyclic) bond motifs is 1. The first-order chi connectivity index (χ1) is 12.3. The second kappa shape index (κ2) is 6.26. The Morgan fingerprint density at radius 2 is 1.72 bits per heavy atom. The highest BCUT2D eigenvalue weighted by Gasteiger charge is 2.41. The minimum atomic E-state index is 0.154. The average molecular weight is 340 g/mol. The molecule has 1 aromatic rings. The van der Waals surface area contributed by atoms with E-state index in [0.29, 0.717) is 11.8 Å². The largest absolute Gasteiger partial charge is 0.356 e. The summed E-state index contributed by atoms with van der Waals surface area (Å²) in [4.78, 5) is 26.4. The molecule has 134 valence electrons. The summed E-state index contributed by atoms with van der Waals surface area (Å²) in [6, 6.07) is 2.16. The monoisotopic (exact) mass is 340 g/mol. The smallest absolute Gasteiger partial charge is 0.227 e. The van der Waals surface area contributed by atoms with Crippen LogP contribution in [-0.4, -0.2) is 47.0 Å². The van der Waals surface area contributed by atoms with Crippen molar-refractivity contribution >= 4 is 11.7 Å². The standard InChI is InChI=1S/C20H28N4O/c25-20(24-10-15-5-2-6-16(15)11-24)17-7-8-23(12-17)19-9-18(21-13-22-19)14-3-1-4-14/h9,13-17H,1-8,10-12H2. The fraction of sp³-hybridized carbons (Fsp3) is 0.750. The van der Waals surface area contributed by atoms with Gasteiger partial charge in [0.25, 0.3) is 0 Å². The van der Waals surface area contributed by atoms with Gasteiger partial charge in [-0.2, -0.15) is 0 Å². The SMILES string of the molecule is O=C(C1CCN(c2cc(C3CCC3)ncn2)C1)N1CC2CCCC2C1. The van der Waals surface area contributed by atoms with Gasteiger partial charge in [-0.05, 0) is 43.9 Å². The summed E-state index contributed by atoms with van der Waals surface area (Å²) in [6.45, 7) is 3.79.